The molecule has 1 aliphatic carbocycles. The first kappa shape index (κ1) is 14.3. The van der Waals surface area contributed by atoms with Gasteiger partial charge in [0.25, 0.3) is 0 Å². The zero-order valence-electron chi connectivity index (χ0n) is 12.7. The molecule has 0 aliphatic heterocycles. The summed E-state index contributed by atoms with van der Waals surface area (Å²) in [6, 6.07) is 11.2. The van der Waals surface area contributed by atoms with E-state index in [1.807, 2.05) is 7.05 Å². The van der Waals surface area contributed by atoms with Crippen LogP contribution < -0.4 is 5.32 Å². The normalized spacial score (nSPS) is 17.8. The second-order valence-electron chi connectivity index (χ2n) is 6.00. The maximum absolute atomic E-state index is 4.36. The van der Waals surface area contributed by atoms with Crippen LogP contribution in [0.15, 0.2) is 36.7 Å². The largest absolute Gasteiger partial charge is 0.303 e. The van der Waals surface area contributed by atoms with Crippen molar-refractivity contribution in [3.63, 3.8) is 0 Å². The van der Waals surface area contributed by atoms with Crippen molar-refractivity contribution < 1.29 is 0 Å². The molecule has 0 amide bonds. The Morgan fingerprint density at radius 3 is 2.62 bits per heavy atom. The van der Waals surface area contributed by atoms with Crippen LogP contribution in [0.5, 0.6) is 0 Å². The average molecular weight is 284 g/mol. The van der Waals surface area contributed by atoms with E-state index < -0.39 is 0 Å². The van der Waals surface area contributed by atoms with Crippen LogP contribution in [0.25, 0.3) is 0 Å². The summed E-state index contributed by atoms with van der Waals surface area (Å²) in [5, 5.41) is 8.06. The van der Waals surface area contributed by atoms with Crippen molar-refractivity contribution in [3.05, 3.63) is 48.0 Å². The van der Waals surface area contributed by atoms with E-state index in [-0.39, 0.29) is 0 Å². The molecule has 1 atom stereocenters. The van der Waals surface area contributed by atoms with Crippen LogP contribution in [0.2, 0.25) is 0 Å². The molecular weight excluding hydrogens is 260 g/mol. The summed E-state index contributed by atoms with van der Waals surface area (Å²) in [7, 11) is 1.91. The first-order valence-corrected chi connectivity index (χ1v) is 7.96. The molecule has 0 bridgehead atoms. The predicted octanol–water partition coefficient (Wildman–Crippen LogP) is 3.23. The second-order valence-corrected chi connectivity index (χ2v) is 6.00. The third kappa shape index (κ3) is 3.70. The Bertz CT molecular complexity index is 543. The Morgan fingerprint density at radius 2 is 1.95 bits per heavy atom. The van der Waals surface area contributed by atoms with Crippen molar-refractivity contribution in [2.45, 2.75) is 44.7 Å². The molecule has 0 spiro atoms. The number of rotatable bonds is 5. The van der Waals surface area contributed by atoms with Gasteiger partial charge in [-0.05, 0) is 24.3 Å². The Labute approximate surface area is 126 Å². The molecule has 3 rings (SSSR count). The van der Waals surface area contributed by atoms with Crippen molar-refractivity contribution in [2.75, 3.05) is 0 Å². The molecular formula is C17H24N4. The highest BCUT2D eigenvalue weighted by Crippen LogP contribution is 2.34. The number of nitrogens with one attached hydrogen (secondary N) is 1. The fraction of sp³-hybridized carbons (Fsp3) is 0.529. The quantitative estimate of drug-likeness (QED) is 0.916. The maximum atomic E-state index is 4.36. The zero-order valence-corrected chi connectivity index (χ0v) is 12.7. The summed E-state index contributed by atoms with van der Waals surface area (Å²) >= 11 is 0. The van der Waals surface area contributed by atoms with Gasteiger partial charge in [-0.2, -0.15) is 5.10 Å². The molecule has 1 aromatic carbocycles. The van der Waals surface area contributed by atoms with Gasteiger partial charge in [0, 0.05) is 13.1 Å². The molecule has 1 N–H and O–H groups in total. The SMILES string of the molecule is Cn1cnc(CNC(c2ccccc2)C2CCCCC2)n1. The lowest BCUT2D eigenvalue weighted by molar-refractivity contribution is 0.269. The van der Waals surface area contributed by atoms with E-state index in [2.05, 4.69) is 45.7 Å². The summed E-state index contributed by atoms with van der Waals surface area (Å²) in [4.78, 5) is 4.32. The van der Waals surface area contributed by atoms with Gasteiger partial charge in [-0.15, -0.1) is 0 Å². The average Bonchev–Trinajstić information content (AvgIpc) is 2.95. The second kappa shape index (κ2) is 6.85. The van der Waals surface area contributed by atoms with Gasteiger partial charge in [0.15, 0.2) is 5.82 Å². The zero-order chi connectivity index (χ0) is 14.5. The van der Waals surface area contributed by atoms with Gasteiger partial charge in [-0.3, -0.25) is 4.68 Å². The Morgan fingerprint density at radius 1 is 1.19 bits per heavy atom. The van der Waals surface area contributed by atoms with Crippen molar-refractivity contribution >= 4 is 0 Å². The molecule has 0 saturated heterocycles. The molecule has 1 aromatic heterocycles. The molecule has 1 saturated carbocycles. The molecule has 0 radical (unpaired) electrons. The third-order valence-electron chi connectivity index (χ3n) is 4.41. The fourth-order valence-corrected chi connectivity index (χ4v) is 3.35. The van der Waals surface area contributed by atoms with Gasteiger partial charge >= 0.3 is 0 Å². The summed E-state index contributed by atoms with van der Waals surface area (Å²) in [5.74, 6) is 1.60. The summed E-state index contributed by atoms with van der Waals surface area (Å²) in [6.07, 6.45) is 8.51. The number of hydrogen-bond acceptors (Lipinski definition) is 3. The lowest BCUT2D eigenvalue weighted by Crippen LogP contribution is -2.29. The standard InChI is InChI=1S/C17H24N4/c1-21-13-19-16(20-21)12-18-17(14-8-4-2-5-9-14)15-10-6-3-7-11-15/h2,4-5,8-9,13,15,17-18H,3,6-7,10-12H2,1H3. The number of nitrogens with zero attached hydrogens (tertiary/aromatic N) is 3. The van der Waals surface area contributed by atoms with Crippen molar-refractivity contribution in [3.8, 4) is 0 Å². The fourth-order valence-electron chi connectivity index (χ4n) is 3.35. The molecule has 1 heterocycles. The lowest BCUT2D eigenvalue weighted by Gasteiger charge is -2.31. The predicted molar refractivity (Wildman–Crippen MR) is 83.6 cm³/mol. The minimum absolute atomic E-state index is 0.412. The van der Waals surface area contributed by atoms with Crippen LogP contribution in [0.3, 0.4) is 0 Å². The van der Waals surface area contributed by atoms with E-state index in [9.17, 15) is 0 Å². The Hall–Kier alpha value is -1.68. The third-order valence-corrected chi connectivity index (χ3v) is 4.41. The molecule has 1 aliphatic rings. The van der Waals surface area contributed by atoms with Crippen LogP contribution in [0.1, 0.15) is 49.5 Å². The topological polar surface area (TPSA) is 42.7 Å². The van der Waals surface area contributed by atoms with Gasteiger partial charge in [0.1, 0.15) is 6.33 Å². The minimum Gasteiger partial charge on any atom is -0.303 e. The van der Waals surface area contributed by atoms with E-state index >= 15 is 0 Å². The van der Waals surface area contributed by atoms with Crippen molar-refractivity contribution in [1.82, 2.24) is 20.1 Å². The number of aryl methyl sites for hydroxylation is 1. The molecule has 4 nitrogen and oxygen atoms in total. The number of aromatic nitrogens is 3. The van der Waals surface area contributed by atoms with Crippen LogP contribution >= 0.6 is 0 Å². The highest BCUT2D eigenvalue weighted by atomic mass is 15.3. The van der Waals surface area contributed by atoms with Crippen LogP contribution in [-0.2, 0) is 13.6 Å². The molecule has 4 heteroatoms. The summed E-state index contributed by atoms with van der Waals surface area (Å²) in [5.41, 5.74) is 1.39. The van der Waals surface area contributed by atoms with E-state index in [1.54, 1.807) is 11.0 Å². The van der Waals surface area contributed by atoms with Crippen LogP contribution in [-0.4, -0.2) is 14.8 Å². The monoisotopic (exact) mass is 284 g/mol. The molecule has 2 aromatic rings. The number of hydrogen-bond donors (Lipinski definition) is 1. The molecule has 21 heavy (non-hydrogen) atoms. The van der Waals surface area contributed by atoms with E-state index in [0.29, 0.717) is 6.04 Å². The van der Waals surface area contributed by atoms with E-state index in [1.165, 1.54) is 37.7 Å². The van der Waals surface area contributed by atoms with Crippen molar-refractivity contribution in [1.29, 1.82) is 0 Å². The first-order valence-electron chi connectivity index (χ1n) is 7.96. The molecule has 1 fully saturated rings. The molecule has 112 valence electrons. The van der Waals surface area contributed by atoms with Crippen LogP contribution in [0.4, 0.5) is 0 Å². The van der Waals surface area contributed by atoms with Crippen LogP contribution in [0, 0.1) is 5.92 Å². The smallest absolute Gasteiger partial charge is 0.164 e. The summed E-state index contributed by atoms with van der Waals surface area (Å²) < 4.78 is 1.76. The lowest BCUT2D eigenvalue weighted by atomic mass is 9.81. The summed E-state index contributed by atoms with van der Waals surface area (Å²) in [6.45, 7) is 0.733. The van der Waals surface area contributed by atoms with Gasteiger partial charge < -0.3 is 5.32 Å². The Balaban J connectivity index is 1.72. The minimum atomic E-state index is 0.412. The van der Waals surface area contributed by atoms with E-state index in [0.717, 1.165) is 18.3 Å². The van der Waals surface area contributed by atoms with E-state index in [4.69, 9.17) is 0 Å². The van der Waals surface area contributed by atoms with Gasteiger partial charge in [0.05, 0.1) is 6.54 Å². The number of benzene rings is 1. The first-order chi connectivity index (χ1) is 10.3. The van der Waals surface area contributed by atoms with Gasteiger partial charge in [0.2, 0.25) is 0 Å². The van der Waals surface area contributed by atoms with Gasteiger partial charge in [-0.25, -0.2) is 4.98 Å². The van der Waals surface area contributed by atoms with Gasteiger partial charge in [-0.1, -0.05) is 49.6 Å². The highest BCUT2D eigenvalue weighted by Gasteiger charge is 2.24. The molecule has 1 unspecified atom stereocenters. The maximum Gasteiger partial charge on any atom is 0.164 e. The highest BCUT2D eigenvalue weighted by molar-refractivity contribution is 5.20. The van der Waals surface area contributed by atoms with Crippen molar-refractivity contribution in [2.24, 2.45) is 13.0 Å². The Kier molecular flexibility index (Phi) is 4.65.